The molecule has 0 aliphatic carbocycles. The number of hydrogen-bond donors (Lipinski definition) is 3. The molecule has 2 aromatic rings. The van der Waals surface area contributed by atoms with E-state index in [0.29, 0.717) is 11.1 Å². The van der Waals surface area contributed by atoms with E-state index in [1.54, 1.807) is 6.07 Å². The van der Waals surface area contributed by atoms with Crippen LogP contribution < -0.4 is 16.2 Å². The van der Waals surface area contributed by atoms with E-state index < -0.39 is 0 Å². The van der Waals surface area contributed by atoms with Gasteiger partial charge in [-0.25, -0.2) is 0 Å². The first-order valence-electron chi connectivity index (χ1n) is 7.23. The minimum absolute atomic E-state index is 0.179. The number of carbonyl (C=O) groups excluding carboxylic acids is 1. The molecule has 1 aromatic heterocycles. The van der Waals surface area contributed by atoms with Gasteiger partial charge in [0.05, 0.1) is 5.56 Å². The molecule has 21 heavy (non-hydrogen) atoms. The van der Waals surface area contributed by atoms with Crippen molar-refractivity contribution >= 4 is 16.8 Å². The summed E-state index contributed by atoms with van der Waals surface area (Å²) in [7, 11) is 0. The van der Waals surface area contributed by atoms with Gasteiger partial charge in [-0.05, 0) is 38.9 Å². The third-order valence-corrected chi connectivity index (χ3v) is 4.12. The normalized spacial score (nSPS) is 17.6. The summed E-state index contributed by atoms with van der Waals surface area (Å²) in [6, 6.07) is 8.74. The summed E-state index contributed by atoms with van der Waals surface area (Å²) in [6.45, 7) is 3.85. The molecule has 0 unspecified atom stereocenters. The molecule has 0 bridgehead atoms. The first-order chi connectivity index (χ1) is 10.1. The van der Waals surface area contributed by atoms with Crippen LogP contribution in [0, 0.1) is 0 Å². The second kappa shape index (κ2) is 5.33. The molecule has 3 N–H and O–H groups in total. The second-order valence-corrected chi connectivity index (χ2v) is 5.86. The van der Waals surface area contributed by atoms with Gasteiger partial charge in [0.15, 0.2) is 0 Å². The fraction of sp³-hybridized carbons (Fsp3) is 0.375. The zero-order valence-electron chi connectivity index (χ0n) is 12.0. The number of pyridine rings is 1. The summed E-state index contributed by atoms with van der Waals surface area (Å²) >= 11 is 0. The number of aromatic amines is 1. The zero-order chi connectivity index (χ0) is 14.9. The highest BCUT2D eigenvalue weighted by Gasteiger charge is 2.29. The van der Waals surface area contributed by atoms with Crippen LogP contribution in [0.15, 0.2) is 35.1 Å². The van der Waals surface area contributed by atoms with Gasteiger partial charge in [-0.1, -0.05) is 18.2 Å². The summed E-state index contributed by atoms with van der Waals surface area (Å²) in [6.07, 6.45) is 1.78. The number of amides is 1. The number of H-pyrrole nitrogens is 1. The molecule has 1 aromatic carbocycles. The van der Waals surface area contributed by atoms with Crippen LogP contribution in [0.25, 0.3) is 10.9 Å². The lowest BCUT2D eigenvalue weighted by Gasteiger charge is -2.35. The van der Waals surface area contributed by atoms with Crippen LogP contribution in [0.5, 0.6) is 0 Å². The number of benzene rings is 1. The highest BCUT2D eigenvalue weighted by atomic mass is 16.2. The van der Waals surface area contributed by atoms with Crippen molar-refractivity contribution in [3.63, 3.8) is 0 Å². The average Bonchev–Trinajstić information content (AvgIpc) is 2.46. The number of aromatic nitrogens is 1. The Bertz CT molecular complexity index is 730. The highest BCUT2D eigenvalue weighted by Crippen LogP contribution is 2.20. The number of fused-ring (bicyclic) bond motifs is 1. The number of piperidine rings is 1. The van der Waals surface area contributed by atoms with Gasteiger partial charge in [0, 0.05) is 22.5 Å². The van der Waals surface area contributed by atoms with Crippen LogP contribution in [0.2, 0.25) is 0 Å². The number of nitrogens with one attached hydrogen (secondary N) is 3. The Labute approximate surface area is 122 Å². The van der Waals surface area contributed by atoms with E-state index in [1.807, 2.05) is 18.2 Å². The third kappa shape index (κ3) is 2.83. The SMILES string of the molecule is CC1(NC(=O)c2cc(=O)[nH]c3ccccc23)CCNCC1. The van der Waals surface area contributed by atoms with Gasteiger partial charge in [-0.3, -0.25) is 9.59 Å². The predicted octanol–water partition coefficient (Wildman–Crippen LogP) is 1.40. The minimum Gasteiger partial charge on any atom is -0.347 e. The van der Waals surface area contributed by atoms with Crippen LogP contribution in [-0.4, -0.2) is 29.5 Å². The van der Waals surface area contributed by atoms with E-state index in [1.165, 1.54) is 6.07 Å². The highest BCUT2D eigenvalue weighted by molar-refractivity contribution is 6.06. The molecule has 1 amide bonds. The van der Waals surface area contributed by atoms with Crippen LogP contribution in [0.1, 0.15) is 30.1 Å². The van der Waals surface area contributed by atoms with E-state index in [2.05, 4.69) is 22.5 Å². The van der Waals surface area contributed by atoms with Gasteiger partial charge >= 0.3 is 0 Å². The summed E-state index contributed by atoms with van der Waals surface area (Å²) in [4.78, 5) is 27.1. The summed E-state index contributed by atoms with van der Waals surface area (Å²) in [5, 5.41) is 7.16. The van der Waals surface area contributed by atoms with Crippen molar-refractivity contribution in [2.45, 2.75) is 25.3 Å². The Morgan fingerprint density at radius 3 is 2.71 bits per heavy atom. The van der Waals surface area contributed by atoms with Gasteiger partial charge in [0.25, 0.3) is 5.91 Å². The largest absolute Gasteiger partial charge is 0.347 e. The Hall–Kier alpha value is -2.14. The molecule has 0 atom stereocenters. The maximum absolute atomic E-state index is 12.6. The standard InChI is InChI=1S/C16H19N3O2/c1-16(6-8-17-9-7-16)19-15(21)12-10-14(20)18-13-5-3-2-4-11(12)13/h2-5,10,17H,6-9H2,1H3,(H,18,20)(H,19,21). The number of carbonyl (C=O) groups is 1. The Morgan fingerprint density at radius 1 is 1.24 bits per heavy atom. The quantitative estimate of drug-likeness (QED) is 0.781. The molecule has 3 rings (SSSR count). The van der Waals surface area contributed by atoms with E-state index in [4.69, 9.17) is 0 Å². The molecule has 5 heteroatoms. The number of rotatable bonds is 2. The summed E-state index contributed by atoms with van der Waals surface area (Å²) in [5.74, 6) is -0.179. The fourth-order valence-electron chi connectivity index (χ4n) is 2.84. The van der Waals surface area contributed by atoms with Gasteiger partial charge < -0.3 is 15.6 Å². The molecule has 0 saturated carbocycles. The van der Waals surface area contributed by atoms with E-state index in [0.717, 1.165) is 31.3 Å². The molecule has 5 nitrogen and oxygen atoms in total. The molecule has 0 radical (unpaired) electrons. The lowest BCUT2D eigenvalue weighted by atomic mass is 9.90. The van der Waals surface area contributed by atoms with E-state index >= 15 is 0 Å². The summed E-state index contributed by atoms with van der Waals surface area (Å²) < 4.78 is 0. The van der Waals surface area contributed by atoms with Crippen LogP contribution in [0.4, 0.5) is 0 Å². The van der Waals surface area contributed by atoms with Crippen molar-refractivity contribution in [1.82, 2.24) is 15.6 Å². The lowest BCUT2D eigenvalue weighted by Crippen LogP contribution is -2.52. The van der Waals surface area contributed by atoms with Crippen molar-refractivity contribution in [2.75, 3.05) is 13.1 Å². The fourth-order valence-corrected chi connectivity index (χ4v) is 2.84. The van der Waals surface area contributed by atoms with Crippen molar-refractivity contribution in [2.24, 2.45) is 0 Å². The molecule has 1 fully saturated rings. The summed E-state index contributed by atoms with van der Waals surface area (Å²) in [5.41, 5.74) is 0.653. The van der Waals surface area contributed by atoms with Gasteiger partial charge in [-0.2, -0.15) is 0 Å². The Balaban J connectivity index is 1.96. The van der Waals surface area contributed by atoms with E-state index in [-0.39, 0.29) is 17.0 Å². The molecule has 0 spiro atoms. The smallest absolute Gasteiger partial charge is 0.252 e. The Morgan fingerprint density at radius 2 is 1.95 bits per heavy atom. The number of para-hydroxylation sites is 1. The van der Waals surface area contributed by atoms with E-state index in [9.17, 15) is 9.59 Å². The molecule has 1 aliphatic rings. The molecular formula is C16H19N3O2. The molecule has 2 heterocycles. The first-order valence-corrected chi connectivity index (χ1v) is 7.23. The number of hydrogen-bond acceptors (Lipinski definition) is 3. The average molecular weight is 285 g/mol. The molecular weight excluding hydrogens is 266 g/mol. The van der Waals surface area contributed by atoms with Crippen LogP contribution in [0.3, 0.4) is 0 Å². The van der Waals surface area contributed by atoms with Crippen molar-refractivity contribution < 1.29 is 4.79 Å². The van der Waals surface area contributed by atoms with Crippen LogP contribution >= 0.6 is 0 Å². The second-order valence-electron chi connectivity index (χ2n) is 5.86. The lowest BCUT2D eigenvalue weighted by molar-refractivity contribution is 0.0889. The van der Waals surface area contributed by atoms with Gasteiger partial charge in [0.2, 0.25) is 5.56 Å². The minimum atomic E-state index is -0.255. The van der Waals surface area contributed by atoms with Crippen molar-refractivity contribution in [1.29, 1.82) is 0 Å². The Kier molecular flexibility index (Phi) is 3.51. The van der Waals surface area contributed by atoms with Crippen molar-refractivity contribution in [3.8, 4) is 0 Å². The molecule has 1 aliphatic heterocycles. The third-order valence-electron chi connectivity index (χ3n) is 4.12. The van der Waals surface area contributed by atoms with Gasteiger partial charge in [0.1, 0.15) is 0 Å². The molecule has 1 saturated heterocycles. The maximum atomic E-state index is 12.6. The predicted molar refractivity (Wildman–Crippen MR) is 82.5 cm³/mol. The van der Waals surface area contributed by atoms with Gasteiger partial charge in [-0.15, -0.1) is 0 Å². The first kappa shape index (κ1) is 13.8. The molecule has 110 valence electrons. The topological polar surface area (TPSA) is 74.0 Å². The zero-order valence-corrected chi connectivity index (χ0v) is 12.0. The monoisotopic (exact) mass is 285 g/mol. The van der Waals surface area contributed by atoms with Crippen molar-refractivity contribution in [3.05, 3.63) is 46.2 Å². The maximum Gasteiger partial charge on any atom is 0.252 e. The van der Waals surface area contributed by atoms with Crippen LogP contribution in [-0.2, 0) is 0 Å².